The van der Waals surface area contributed by atoms with Gasteiger partial charge in [0.1, 0.15) is 0 Å². The number of rotatable bonds is 1. The summed E-state index contributed by atoms with van der Waals surface area (Å²) in [7, 11) is 0. The Labute approximate surface area is 93.8 Å². The van der Waals surface area contributed by atoms with Crippen LogP contribution < -0.4 is 22.9 Å². The molecule has 0 radical (unpaired) electrons. The highest BCUT2D eigenvalue weighted by Crippen LogP contribution is 2.30. The molecule has 4 nitrogen and oxygen atoms in total. The van der Waals surface area contributed by atoms with Gasteiger partial charge in [-0.3, -0.25) is 0 Å². The summed E-state index contributed by atoms with van der Waals surface area (Å²) >= 11 is 0. The van der Waals surface area contributed by atoms with E-state index in [0.29, 0.717) is 17.1 Å². The van der Waals surface area contributed by atoms with Crippen molar-refractivity contribution in [3.8, 4) is 11.1 Å². The zero-order valence-corrected chi connectivity index (χ0v) is 8.77. The first-order valence-electron chi connectivity index (χ1n) is 4.88. The van der Waals surface area contributed by atoms with Crippen LogP contribution in [0.25, 0.3) is 11.1 Å². The normalized spacial score (nSPS) is 10.2. The minimum atomic E-state index is 0.430. The van der Waals surface area contributed by atoms with Crippen LogP contribution in [-0.4, -0.2) is 0 Å². The number of anilines is 4. The molecule has 4 heteroatoms. The average Bonchev–Trinajstić information content (AvgIpc) is 2.26. The Balaban J connectivity index is 2.52. The Morgan fingerprint density at radius 3 is 1.62 bits per heavy atom. The quantitative estimate of drug-likeness (QED) is 0.542. The summed E-state index contributed by atoms with van der Waals surface area (Å²) in [5.74, 6) is 0. The molecule has 0 unspecified atom stereocenters. The Morgan fingerprint density at radius 2 is 1.12 bits per heavy atom. The van der Waals surface area contributed by atoms with Gasteiger partial charge in [0.25, 0.3) is 0 Å². The van der Waals surface area contributed by atoms with E-state index in [2.05, 4.69) is 0 Å². The Hall–Kier alpha value is -2.36. The van der Waals surface area contributed by atoms with Crippen molar-refractivity contribution in [1.29, 1.82) is 0 Å². The summed E-state index contributed by atoms with van der Waals surface area (Å²) in [6.07, 6.45) is 0. The zero-order valence-electron chi connectivity index (χ0n) is 8.77. The van der Waals surface area contributed by atoms with Gasteiger partial charge in [-0.2, -0.15) is 0 Å². The lowest BCUT2D eigenvalue weighted by Crippen LogP contribution is -2.00. The van der Waals surface area contributed by atoms with Crippen LogP contribution in [0.4, 0.5) is 22.7 Å². The smallest absolute Gasteiger partial charge is 0.0781 e. The molecule has 0 atom stereocenters. The van der Waals surface area contributed by atoms with Gasteiger partial charge < -0.3 is 22.9 Å². The highest BCUT2D eigenvalue weighted by molar-refractivity contribution is 5.84. The van der Waals surface area contributed by atoms with E-state index in [1.54, 1.807) is 12.1 Å². The first-order chi connectivity index (χ1) is 7.58. The highest BCUT2D eigenvalue weighted by Gasteiger charge is 2.04. The maximum atomic E-state index is 5.76. The first-order valence-corrected chi connectivity index (χ1v) is 4.88. The van der Waals surface area contributed by atoms with Crippen LogP contribution in [0.2, 0.25) is 0 Å². The van der Waals surface area contributed by atoms with Gasteiger partial charge in [0.15, 0.2) is 0 Å². The molecule has 0 aliphatic carbocycles. The van der Waals surface area contributed by atoms with Gasteiger partial charge in [-0.15, -0.1) is 0 Å². The van der Waals surface area contributed by atoms with E-state index in [0.717, 1.165) is 16.8 Å². The number of hydrogen-bond donors (Lipinski definition) is 4. The fraction of sp³-hybridized carbons (Fsp3) is 0. The van der Waals surface area contributed by atoms with Crippen molar-refractivity contribution in [2.45, 2.75) is 0 Å². The molecule has 0 aromatic heterocycles. The number of benzene rings is 2. The molecule has 2 aromatic rings. The zero-order chi connectivity index (χ0) is 11.7. The van der Waals surface area contributed by atoms with Gasteiger partial charge in [-0.05, 0) is 35.4 Å². The third kappa shape index (κ3) is 1.72. The van der Waals surface area contributed by atoms with E-state index in [1.165, 1.54) is 0 Å². The second kappa shape index (κ2) is 3.66. The molecule has 0 spiro atoms. The van der Waals surface area contributed by atoms with E-state index in [4.69, 9.17) is 22.9 Å². The van der Waals surface area contributed by atoms with Gasteiger partial charge in [-0.1, -0.05) is 12.1 Å². The van der Waals surface area contributed by atoms with E-state index in [-0.39, 0.29) is 0 Å². The largest absolute Gasteiger partial charge is 0.399 e. The van der Waals surface area contributed by atoms with Crippen LogP contribution in [0, 0.1) is 0 Å². The van der Waals surface area contributed by atoms with Gasteiger partial charge in [0.05, 0.1) is 17.1 Å². The number of hydrogen-bond acceptors (Lipinski definition) is 4. The van der Waals surface area contributed by atoms with Crippen LogP contribution in [0.15, 0.2) is 36.4 Å². The van der Waals surface area contributed by atoms with Crippen LogP contribution in [0.5, 0.6) is 0 Å². The first kappa shape index (κ1) is 10.2. The summed E-state index contributed by atoms with van der Waals surface area (Å²) < 4.78 is 0. The molecular formula is C12H14N4. The van der Waals surface area contributed by atoms with E-state index in [9.17, 15) is 0 Å². The molecule has 8 N–H and O–H groups in total. The molecule has 0 aliphatic heterocycles. The fourth-order valence-electron chi connectivity index (χ4n) is 1.54. The van der Waals surface area contributed by atoms with Gasteiger partial charge in [0, 0.05) is 5.69 Å². The topological polar surface area (TPSA) is 104 Å². The summed E-state index contributed by atoms with van der Waals surface area (Å²) in [4.78, 5) is 0. The maximum absolute atomic E-state index is 5.76. The van der Waals surface area contributed by atoms with Crippen molar-refractivity contribution in [2.75, 3.05) is 22.9 Å². The van der Waals surface area contributed by atoms with Crippen LogP contribution in [0.3, 0.4) is 0 Å². The molecule has 0 bridgehead atoms. The van der Waals surface area contributed by atoms with Crippen molar-refractivity contribution in [2.24, 2.45) is 0 Å². The maximum Gasteiger partial charge on any atom is 0.0781 e. The minimum absolute atomic E-state index is 0.430. The number of nitrogens with two attached hydrogens (primary N) is 4. The predicted molar refractivity (Wildman–Crippen MR) is 69.5 cm³/mol. The fourth-order valence-corrected chi connectivity index (χ4v) is 1.54. The van der Waals surface area contributed by atoms with Gasteiger partial charge >= 0.3 is 0 Å². The number of nitrogen functional groups attached to an aromatic ring is 4. The average molecular weight is 214 g/mol. The Bertz CT molecular complexity index is 494. The van der Waals surface area contributed by atoms with Crippen LogP contribution in [0.1, 0.15) is 0 Å². The summed E-state index contributed by atoms with van der Waals surface area (Å²) in [5.41, 5.74) is 26.9. The lowest BCUT2D eigenvalue weighted by atomic mass is 10.0. The molecule has 0 aliphatic rings. The monoisotopic (exact) mass is 214 g/mol. The van der Waals surface area contributed by atoms with E-state index in [1.807, 2.05) is 24.3 Å². The summed E-state index contributed by atoms with van der Waals surface area (Å²) in [6.45, 7) is 0. The summed E-state index contributed by atoms with van der Waals surface area (Å²) in [5, 5.41) is 0. The highest BCUT2D eigenvalue weighted by atomic mass is 14.7. The van der Waals surface area contributed by atoms with E-state index < -0.39 is 0 Å². The molecule has 0 saturated carbocycles. The molecule has 2 aromatic carbocycles. The molecule has 0 amide bonds. The third-order valence-electron chi connectivity index (χ3n) is 2.49. The molecule has 16 heavy (non-hydrogen) atoms. The molecule has 0 fully saturated rings. The standard InChI is InChI=1S/C12H14N4/c13-9-3-1-7(2-4-9)8-5-10(14)12(16)11(15)6-8/h1-6H,13-16H2. The minimum Gasteiger partial charge on any atom is -0.399 e. The van der Waals surface area contributed by atoms with Crippen LogP contribution >= 0.6 is 0 Å². The Kier molecular flexibility index (Phi) is 2.32. The summed E-state index contributed by atoms with van der Waals surface area (Å²) in [6, 6.07) is 11.1. The van der Waals surface area contributed by atoms with Gasteiger partial charge in [-0.25, -0.2) is 0 Å². The molecule has 2 rings (SSSR count). The van der Waals surface area contributed by atoms with Crippen molar-refractivity contribution < 1.29 is 0 Å². The predicted octanol–water partition coefficient (Wildman–Crippen LogP) is 1.68. The molecule has 0 heterocycles. The van der Waals surface area contributed by atoms with Crippen molar-refractivity contribution in [1.82, 2.24) is 0 Å². The second-order valence-electron chi connectivity index (χ2n) is 3.69. The van der Waals surface area contributed by atoms with Crippen LogP contribution in [-0.2, 0) is 0 Å². The van der Waals surface area contributed by atoms with E-state index >= 15 is 0 Å². The van der Waals surface area contributed by atoms with Gasteiger partial charge in [0.2, 0.25) is 0 Å². The van der Waals surface area contributed by atoms with Crippen molar-refractivity contribution in [3.63, 3.8) is 0 Å². The third-order valence-corrected chi connectivity index (χ3v) is 2.49. The lowest BCUT2D eigenvalue weighted by Gasteiger charge is -2.08. The van der Waals surface area contributed by atoms with Crippen molar-refractivity contribution in [3.05, 3.63) is 36.4 Å². The second-order valence-corrected chi connectivity index (χ2v) is 3.69. The Morgan fingerprint density at radius 1 is 0.625 bits per heavy atom. The molecular weight excluding hydrogens is 200 g/mol. The lowest BCUT2D eigenvalue weighted by molar-refractivity contribution is 1.60. The molecule has 0 saturated heterocycles. The SMILES string of the molecule is Nc1ccc(-c2cc(N)c(N)c(N)c2)cc1. The molecule has 82 valence electrons. The van der Waals surface area contributed by atoms with Crippen molar-refractivity contribution >= 4 is 22.7 Å².